The molecule has 1 unspecified atom stereocenters. The quantitative estimate of drug-likeness (QED) is 0.513. The van der Waals surface area contributed by atoms with E-state index in [0.29, 0.717) is 5.92 Å². The number of hydrogen-bond donors (Lipinski definition) is 0. The SMILES string of the molecule is C=C(C)C(C)CSc1ccccc1. The first kappa shape index (κ1) is 10.4. The lowest BCUT2D eigenvalue weighted by molar-refractivity contribution is 0.787. The Labute approximate surface area is 85.1 Å². The summed E-state index contributed by atoms with van der Waals surface area (Å²) in [6.07, 6.45) is 0. The minimum atomic E-state index is 0.602. The number of benzene rings is 1. The predicted molar refractivity (Wildman–Crippen MR) is 61.1 cm³/mol. The van der Waals surface area contributed by atoms with Crippen molar-refractivity contribution < 1.29 is 0 Å². The van der Waals surface area contributed by atoms with E-state index < -0.39 is 0 Å². The molecule has 1 rings (SSSR count). The van der Waals surface area contributed by atoms with Gasteiger partial charge in [0.1, 0.15) is 0 Å². The van der Waals surface area contributed by atoms with E-state index in [1.165, 1.54) is 10.5 Å². The van der Waals surface area contributed by atoms with Crippen LogP contribution in [0.5, 0.6) is 0 Å². The van der Waals surface area contributed by atoms with Crippen molar-refractivity contribution in [2.45, 2.75) is 18.7 Å². The van der Waals surface area contributed by atoms with Gasteiger partial charge >= 0.3 is 0 Å². The molecule has 0 saturated carbocycles. The molecule has 1 heteroatoms. The van der Waals surface area contributed by atoms with Gasteiger partial charge in [0.15, 0.2) is 0 Å². The Bertz CT molecular complexity index is 264. The van der Waals surface area contributed by atoms with Gasteiger partial charge in [0.05, 0.1) is 0 Å². The highest BCUT2D eigenvalue weighted by Crippen LogP contribution is 2.22. The summed E-state index contributed by atoms with van der Waals surface area (Å²) in [5.41, 5.74) is 1.27. The summed E-state index contributed by atoms with van der Waals surface area (Å²) < 4.78 is 0. The van der Waals surface area contributed by atoms with Gasteiger partial charge in [-0.25, -0.2) is 0 Å². The molecule has 70 valence electrons. The van der Waals surface area contributed by atoms with E-state index in [1.54, 1.807) is 0 Å². The molecule has 0 aliphatic heterocycles. The van der Waals surface area contributed by atoms with Crippen molar-refractivity contribution in [1.29, 1.82) is 0 Å². The fourth-order valence-corrected chi connectivity index (χ4v) is 1.96. The second-order valence-electron chi connectivity index (χ2n) is 3.37. The molecule has 0 amide bonds. The summed E-state index contributed by atoms with van der Waals surface area (Å²) in [7, 11) is 0. The van der Waals surface area contributed by atoms with Crippen LogP contribution in [0.1, 0.15) is 13.8 Å². The smallest absolute Gasteiger partial charge is 0.00721 e. The van der Waals surface area contributed by atoms with Crippen molar-refractivity contribution in [3.63, 3.8) is 0 Å². The predicted octanol–water partition coefficient (Wildman–Crippen LogP) is 3.99. The number of rotatable bonds is 4. The van der Waals surface area contributed by atoms with E-state index in [4.69, 9.17) is 0 Å². The largest absolute Gasteiger partial charge is 0.126 e. The molecular formula is C12H16S. The average Bonchev–Trinajstić information content (AvgIpc) is 2.15. The molecule has 0 aliphatic carbocycles. The van der Waals surface area contributed by atoms with Crippen molar-refractivity contribution in [2.24, 2.45) is 5.92 Å². The Morgan fingerprint density at radius 3 is 2.54 bits per heavy atom. The van der Waals surface area contributed by atoms with Gasteiger partial charge in [0.2, 0.25) is 0 Å². The molecule has 0 heterocycles. The van der Waals surface area contributed by atoms with Gasteiger partial charge in [0, 0.05) is 10.6 Å². The molecular weight excluding hydrogens is 176 g/mol. The highest BCUT2D eigenvalue weighted by molar-refractivity contribution is 7.99. The second kappa shape index (κ2) is 5.13. The molecule has 1 atom stereocenters. The van der Waals surface area contributed by atoms with Crippen molar-refractivity contribution >= 4 is 11.8 Å². The van der Waals surface area contributed by atoms with E-state index in [0.717, 1.165) is 5.75 Å². The van der Waals surface area contributed by atoms with E-state index in [-0.39, 0.29) is 0 Å². The molecule has 0 nitrogen and oxygen atoms in total. The van der Waals surface area contributed by atoms with Crippen LogP contribution in [-0.4, -0.2) is 5.75 Å². The van der Waals surface area contributed by atoms with Crippen LogP contribution in [0.25, 0.3) is 0 Å². The number of hydrogen-bond acceptors (Lipinski definition) is 1. The van der Waals surface area contributed by atoms with E-state index >= 15 is 0 Å². The third-order valence-electron chi connectivity index (χ3n) is 2.08. The summed E-state index contributed by atoms with van der Waals surface area (Å²) in [5, 5.41) is 0. The molecule has 0 fully saturated rings. The molecule has 1 aromatic rings. The van der Waals surface area contributed by atoms with Gasteiger partial charge in [-0.15, -0.1) is 11.8 Å². The standard InChI is InChI=1S/C12H16S/c1-10(2)11(3)9-13-12-7-5-4-6-8-12/h4-8,11H,1,9H2,2-3H3. The van der Waals surface area contributed by atoms with Crippen molar-refractivity contribution in [1.82, 2.24) is 0 Å². The third-order valence-corrected chi connectivity index (χ3v) is 3.36. The van der Waals surface area contributed by atoms with Gasteiger partial charge in [-0.2, -0.15) is 0 Å². The fraction of sp³-hybridized carbons (Fsp3) is 0.333. The molecule has 0 spiro atoms. The highest BCUT2D eigenvalue weighted by atomic mass is 32.2. The van der Waals surface area contributed by atoms with Crippen LogP contribution in [0.2, 0.25) is 0 Å². The lowest BCUT2D eigenvalue weighted by Crippen LogP contribution is -1.98. The summed E-state index contributed by atoms with van der Waals surface area (Å²) in [6.45, 7) is 8.27. The molecule has 13 heavy (non-hydrogen) atoms. The Balaban J connectivity index is 2.39. The summed E-state index contributed by atoms with van der Waals surface area (Å²) >= 11 is 1.90. The Hall–Kier alpha value is -0.690. The lowest BCUT2D eigenvalue weighted by atomic mass is 10.1. The molecule has 0 aliphatic rings. The maximum Gasteiger partial charge on any atom is 0.00721 e. The number of thioether (sulfide) groups is 1. The van der Waals surface area contributed by atoms with Gasteiger partial charge in [-0.1, -0.05) is 37.3 Å². The zero-order valence-electron chi connectivity index (χ0n) is 8.29. The Morgan fingerprint density at radius 2 is 2.00 bits per heavy atom. The first-order valence-electron chi connectivity index (χ1n) is 4.53. The monoisotopic (exact) mass is 192 g/mol. The van der Waals surface area contributed by atoms with Crippen LogP contribution < -0.4 is 0 Å². The normalized spacial score (nSPS) is 12.5. The van der Waals surface area contributed by atoms with Crippen LogP contribution in [0.15, 0.2) is 47.4 Å². The average molecular weight is 192 g/mol. The van der Waals surface area contributed by atoms with E-state index in [2.05, 4.69) is 44.7 Å². The second-order valence-corrected chi connectivity index (χ2v) is 4.46. The van der Waals surface area contributed by atoms with E-state index in [9.17, 15) is 0 Å². The minimum absolute atomic E-state index is 0.602. The van der Waals surface area contributed by atoms with Gasteiger partial charge in [0.25, 0.3) is 0 Å². The Kier molecular flexibility index (Phi) is 4.10. The van der Waals surface area contributed by atoms with E-state index in [1.807, 2.05) is 17.8 Å². The van der Waals surface area contributed by atoms with Crippen LogP contribution in [-0.2, 0) is 0 Å². The lowest BCUT2D eigenvalue weighted by Gasteiger charge is -2.09. The maximum absolute atomic E-state index is 3.95. The van der Waals surface area contributed by atoms with Crippen molar-refractivity contribution in [2.75, 3.05) is 5.75 Å². The van der Waals surface area contributed by atoms with Crippen LogP contribution in [0.4, 0.5) is 0 Å². The van der Waals surface area contributed by atoms with Crippen molar-refractivity contribution in [3.8, 4) is 0 Å². The maximum atomic E-state index is 3.95. The molecule has 0 saturated heterocycles. The molecule has 0 bridgehead atoms. The summed E-state index contributed by atoms with van der Waals surface area (Å²) in [5.74, 6) is 1.73. The van der Waals surface area contributed by atoms with Gasteiger partial charge < -0.3 is 0 Å². The highest BCUT2D eigenvalue weighted by Gasteiger charge is 2.02. The fourth-order valence-electron chi connectivity index (χ4n) is 0.880. The Morgan fingerprint density at radius 1 is 1.38 bits per heavy atom. The molecule has 0 N–H and O–H groups in total. The molecule has 0 aromatic heterocycles. The van der Waals surface area contributed by atoms with Gasteiger partial charge in [-0.05, 0) is 25.0 Å². The van der Waals surface area contributed by atoms with Crippen LogP contribution in [0, 0.1) is 5.92 Å². The van der Waals surface area contributed by atoms with Crippen LogP contribution >= 0.6 is 11.8 Å². The van der Waals surface area contributed by atoms with Gasteiger partial charge in [-0.3, -0.25) is 0 Å². The third kappa shape index (κ3) is 3.69. The molecule has 0 radical (unpaired) electrons. The van der Waals surface area contributed by atoms with Crippen LogP contribution in [0.3, 0.4) is 0 Å². The summed E-state index contributed by atoms with van der Waals surface area (Å²) in [4.78, 5) is 1.34. The first-order valence-corrected chi connectivity index (χ1v) is 5.52. The van der Waals surface area contributed by atoms with Crippen molar-refractivity contribution in [3.05, 3.63) is 42.5 Å². The number of allylic oxidation sites excluding steroid dienone is 1. The zero-order chi connectivity index (χ0) is 9.68. The zero-order valence-corrected chi connectivity index (χ0v) is 9.10. The minimum Gasteiger partial charge on any atom is -0.126 e. The first-order chi connectivity index (χ1) is 6.20. The molecule has 1 aromatic carbocycles. The topological polar surface area (TPSA) is 0 Å². The summed E-state index contributed by atoms with van der Waals surface area (Å²) in [6, 6.07) is 10.5.